The number of carbonyl (C=O) groups is 2. The van der Waals surface area contributed by atoms with Crippen LogP contribution in [-0.2, 0) is 0 Å². The summed E-state index contributed by atoms with van der Waals surface area (Å²) in [5.74, 6) is -0.675. The van der Waals surface area contributed by atoms with Crippen LogP contribution in [0.2, 0.25) is 0 Å². The highest BCUT2D eigenvalue weighted by Gasteiger charge is 2.29. The number of pyridine rings is 1. The molecule has 1 saturated heterocycles. The molecule has 10 heteroatoms. The summed E-state index contributed by atoms with van der Waals surface area (Å²) in [5.41, 5.74) is 2.17. The standard InChI is InChI=1S/C19H20N8O2/c28-18(15-3-1-2-13(23-15)14-6-7-21-25-14)24-16-10-27(12-8-20-9-12)26-17(16)19(29)22-11-4-5-11/h1-3,6-7,10-12,20H,4-5,8-9H2,(H,21,25)(H,22,29)(H,24,28). The summed E-state index contributed by atoms with van der Waals surface area (Å²) in [7, 11) is 0. The van der Waals surface area contributed by atoms with Crippen LogP contribution in [0.4, 0.5) is 5.69 Å². The smallest absolute Gasteiger partial charge is 0.274 e. The molecule has 2 aliphatic rings. The van der Waals surface area contributed by atoms with Crippen molar-refractivity contribution >= 4 is 17.5 Å². The fourth-order valence-corrected chi connectivity index (χ4v) is 3.08. The Balaban J connectivity index is 1.40. The van der Waals surface area contributed by atoms with E-state index in [1.54, 1.807) is 41.3 Å². The van der Waals surface area contributed by atoms with Gasteiger partial charge in [-0.15, -0.1) is 0 Å². The summed E-state index contributed by atoms with van der Waals surface area (Å²) < 4.78 is 1.74. The van der Waals surface area contributed by atoms with E-state index in [1.165, 1.54) is 0 Å². The lowest BCUT2D eigenvalue weighted by molar-refractivity contribution is 0.0945. The van der Waals surface area contributed by atoms with E-state index in [4.69, 9.17) is 0 Å². The third kappa shape index (κ3) is 3.61. The minimum absolute atomic E-state index is 0.176. The van der Waals surface area contributed by atoms with Crippen LogP contribution in [0.3, 0.4) is 0 Å². The summed E-state index contributed by atoms with van der Waals surface area (Å²) in [6.07, 6.45) is 5.29. The SMILES string of the molecule is O=C(Nc1cn(C2CNC2)nc1C(=O)NC1CC1)c1cccc(-c2ccn[nH]2)n1. The molecular weight excluding hydrogens is 372 g/mol. The lowest BCUT2D eigenvalue weighted by Crippen LogP contribution is -2.43. The zero-order valence-corrected chi connectivity index (χ0v) is 15.6. The number of nitrogens with zero attached hydrogens (tertiary/aromatic N) is 4. The predicted molar refractivity (Wildman–Crippen MR) is 104 cm³/mol. The normalized spacial score (nSPS) is 16.3. The zero-order chi connectivity index (χ0) is 19.8. The van der Waals surface area contributed by atoms with Gasteiger partial charge in [0.05, 0.1) is 23.1 Å². The molecule has 1 aliphatic carbocycles. The lowest BCUT2D eigenvalue weighted by atomic mass is 10.2. The molecule has 3 aromatic heterocycles. The van der Waals surface area contributed by atoms with Crippen molar-refractivity contribution in [1.29, 1.82) is 0 Å². The highest BCUT2D eigenvalue weighted by atomic mass is 16.2. The Morgan fingerprint density at radius 2 is 2.00 bits per heavy atom. The van der Waals surface area contributed by atoms with Gasteiger partial charge < -0.3 is 16.0 Å². The summed E-state index contributed by atoms with van der Waals surface area (Å²) in [5, 5.41) is 20.1. The molecule has 4 N–H and O–H groups in total. The van der Waals surface area contributed by atoms with Gasteiger partial charge in [0.15, 0.2) is 5.69 Å². The molecule has 1 aliphatic heterocycles. The van der Waals surface area contributed by atoms with Crippen LogP contribution in [0, 0.1) is 0 Å². The van der Waals surface area contributed by atoms with Gasteiger partial charge in [0.1, 0.15) is 5.69 Å². The molecule has 0 radical (unpaired) electrons. The molecule has 0 spiro atoms. The molecule has 2 fully saturated rings. The average Bonchev–Trinajstić information content (AvgIpc) is 3.17. The van der Waals surface area contributed by atoms with E-state index in [2.05, 4.69) is 36.2 Å². The maximum atomic E-state index is 12.8. The van der Waals surface area contributed by atoms with Crippen LogP contribution in [0.1, 0.15) is 39.9 Å². The fraction of sp³-hybridized carbons (Fsp3) is 0.316. The Labute approximate surface area is 166 Å². The molecule has 0 bridgehead atoms. The molecule has 148 valence electrons. The van der Waals surface area contributed by atoms with Gasteiger partial charge in [-0.1, -0.05) is 6.07 Å². The van der Waals surface area contributed by atoms with Crippen LogP contribution in [-0.4, -0.2) is 55.9 Å². The third-order valence-corrected chi connectivity index (χ3v) is 5.00. The second kappa shape index (κ2) is 7.13. The maximum Gasteiger partial charge on any atom is 0.274 e. The molecule has 29 heavy (non-hydrogen) atoms. The lowest BCUT2D eigenvalue weighted by Gasteiger charge is -2.27. The number of anilines is 1. The first-order chi connectivity index (χ1) is 14.2. The number of amides is 2. The molecule has 10 nitrogen and oxygen atoms in total. The molecule has 1 saturated carbocycles. The Morgan fingerprint density at radius 3 is 2.69 bits per heavy atom. The van der Waals surface area contributed by atoms with E-state index in [0.717, 1.165) is 31.6 Å². The van der Waals surface area contributed by atoms with Crippen molar-refractivity contribution in [2.75, 3.05) is 18.4 Å². The van der Waals surface area contributed by atoms with Gasteiger partial charge >= 0.3 is 0 Å². The Kier molecular flexibility index (Phi) is 4.32. The quantitative estimate of drug-likeness (QED) is 0.494. The number of H-pyrrole nitrogens is 1. The van der Waals surface area contributed by atoms with Gasteiger partial charge in [-0.25, -0.2) is 4.98 Å². The molecule has 5 rings (SSSR count). The minimum atomic E-state index is -0.405. The fourth-order valence-electron chi connectivity index (χ4n) is 3.08. The highest BCUT2D eigenvalue weighted by Crippen LogP contribution is 2.23. The van der Waals surface area contributed by atoms with E-state index in [9.17, 15) is 9.59 Å². The van der Waals surface area contributed by atoms with E-state index < -0.39 is 5.91 Å². The van der Waals surface area contributed by atoms with Gasteiger partial charge in [0.2, 0.25) is 0 Å². The van der Waals surface area contributed by atoms with Crippen LogP contribution >= 0.6 is 0 Å². The van der Waals surface area contributed by atoms with E-state index in [-0.39, 0.29) is 29.4 Å². The number of aromatic nitrogens is 5. The van der Waals surface area contributed by atoms with Gasteiger partial charge in [-0.2, -0.15) is 10.2 Å². The summed E-state index contributed by atoms with van der Waals surface area (Å²) in [6.45, 7) is 1.57. The Morgan fingerprint density at radius 1 is 1.14 bits per heavy atom. The van der Waals surface area contributed by atoms with Crippen molar-refractivity contribution in [3.8, 4) is 11.4 Å². The Bertz CT molecular complexity index is 1050. The second-order valence-electron chi connectivity index (χ2n) is 7.26. The van der Waals surface area contributed by atoms with Crippen molar-refractivity contribution in [2.24, 2.45) is 0 Å². The maximum absolute atomic E-state index is 12.8. The summed E-state index contributed by atoms with van der Waals surface area (Å²) in [4.78, 5) is 29.8. The number of nitrogens with one attached hydrogen (secondary N) is 4. The van der Waals surface area contributed by atoms with Gasteiger partial charge in [0, 0.05) is 31.5 Å². The first-order valence-electron chi connectivity index (χ1n) is 9.56. The molecule has 0 unspecified atom stereocenters. The van der Waals surface area contributed by atoms with Gasteiger partial charge in [-0.05, 0) is 31.0 Å². The van der Waals surface area contributed by atoms with Crippen molar-refractivity contribution in [3.05, 3.63) is 48.0 Å². The minimum Gasteiger partial charge on any atom is -0.348 e. The van der Waals surface area contributed by atoms with Crippen molar-refractivity contribution < 1.29 is 9.59 Å². The predicted octanol–water partition coefficient (Wildman–Crippen LogP) is 0.957. The highest BCUT2D eigenvalue weighted by molar-refractivity contribution is 6.07. The van der Waals surface area contributed by atoms with E-state index in [1.807, 2.05) is 0 Å². The third-order valence-electron chi connectivity index (χ3n) is 5.00. The molecule has 0 atom stereocenters. The number of aromatic amines is 1. The second-order valence-corrected chi connectivity index (χ2v) is 7.26. The monoisotopic (exact) mass is 392 g/mol. The van der Waals surface area contributed by atoms with Crippen LogP contribution < -0.4 is 16.0 Å². The van der Waals surface area contributed by atoms with Crippen LogP contribution in [0.5, 0.6) is 0 Å². The summed E-state index contributed by atoms with van der Waals surface area (Å²) in [6, 6.07) is 7.33. The van der Waals surface area contributed by atoms with Gasteiger partial charge in [0.25, 0.3) is 11.8 Å². The Hall–Kier alpha value is -3.53. The molecule has 3 aromatic rings. The van der Waals surface area contributed by atoms with Crippen molar-refractivity contribution in [3.63, 3.8) is 0 Å². The largest absolute Gasteiger partial charge is 0.348 e. The molecular formula is C19H20N8O2. The van der Waals surface area contributed by atoms with E-state index in [0.29, 0.717) is 11.4 Å². The van der Waals surface area contributed by atoms with Gasteiger partial charge in [-0.3, -0.25) is 19.4 Å². The van der Waals surface area contributed by atoms with Crippen molar-refractivity contribution in [1.82, 2.24) is 35.6 Å². The molecule has 4 heterocycles. The first kappa shape index (κ1) is 17.6. The number of hydrogen-bond donors (Lipinski definition) is 4. The topological polar surface area (TPSA) is 130 Å². The first-order valence-corrected chi connectivity index (χ1v) is 9.56. The number of carbonyl (C=O) groups excluding carboxylic acids is 2. The number of hydrogen-bond acceptors (Lipinski definition) is 6. The molecule has 0 aromatic carbocycles. The zero-order valence-electron chi connectivity index (χ0n) is 15.6. The van der Waals surface area contributed by atoms with Crippen LogP contribution in [0.25, 0.3) is 11.4 Å². The average molecular weight is 392 g/mol. The molecule has 2 amide bonds. The van der Waals surface area contributed by atoms with E-state index >= 15 is 0 Å². The van der Waals surface area contributed by atoms with Crippen molar-refractivity contribution in [2.45, 2.75) is 24.9 Å². The summed E-state index contributed by atoms with van der Waals surface area (Å²) >= 11 is 0. The van der Waals surface area contributed by atoms with Crippen LogP contribution in [0.15, 0.2) is 36.7 Å². The number of rotatable bonds is 6.